The van der Waals surface area contributed by atoms with E-state index >= 15 is 0 Å². The zero-order valence-corrected chi connectivity index (χ0v) is 11.4. The van der Waals surface area contributed by atoms with Crippen molar-refractivity contribution in [3.63, 3.8) is 0 Å². The Morgan fingerprint density at radius 2 is 1.93 bits per heavy atom. The summed E-state index contributed by atoms with van der Waals surface area (Å²) in [5.74, 6) is 0. The van der Waals surface area contributed by atoms with E-state index in [1.165, 1.54) is 0 Å². The van der Waals surface area contributed by atoms with Gasteiger partial charge in [-0.15, -0.1) is 0 Å². The van der Waals surface area contributed by atoms with E-state index < -0.39 is 8.32 Å². The minimum Gasteiger partial charge on any atom is -0.414 e. The van der Waals surface area contributed by atoms with E-state index in [9.17, 15) is 0 Å². The molecule has 1 aliphatic rings. The molecule has 0 N–H and O–H groups in total. The van der Waals surface area contributed by atoms with Crippen molar-refractivity contribution in [3.05, 3.63) is 0 Å². The molecule has 14 heavy (non-hydrogen) atoms. The molecule has 0 bridgehead atoms. The fraction of sp³-hybridized carbons (Fsp3) is 1.00. The van der Waals surface area contributed by atoms with Crippen LogP contribution in [0.5, 0.6) is 0 Å². The van der Waals surface area contributed by atoms with Crippen molar-refractivity contribution in [3.8, 4) is 0 Å². The lowest BCUT2D eigenvalue weighted by atomic mass is 10.2. The topological polar surface area (TPSA) is 21.8 Å². The maximum absolute atomic E-state index is 6.21. The lowest BCUT2D eigenvalue weighted by Crippen LogP contribution is -2.43. The van der Waals surface area contributed by atoms with Crippen LogP contribution in [0.15, 0.2) is 0 Å². The van der Waals surface area contributed by atoms with Crippen molar-refractivity contribution < 1.29 is 9.16 Å². The zero-order chi connectivity index (χ0) is 11.0. The van der Waals surface area contributed by atoms with Crippen LogP contribution in [0.1, 0.15) is 34.1 Å². The molecule has 84 valence electrons. The van der Waals surface area contributed by atoms with Crippen LogP contribution in [0.25, 0.3) is 0 Å². The minimum atomic E-state index is -1.56. The van der Waals surface area contributed by atoms with E-state index in [0.29, 0.717) is 17.2 Å². The smallest absolute Gasteiger partial charge is 0.192 e. The highest BCUT2D eigenvalue weighted by molar-refractivity contribution is 6.74. The molecule has 1 fully saturated rings. The number of ether oxygens (including phenoxy) is 1. The van der Waals surface area contributed by atoms with Gasteiger partial charge in [0.15, 0.2) is 8.32 Å². The highest BCUT2D eigenvalue weighted by atomic mass is 28.4. The molecule has 0 aromatic carbocycles. The van der Waals surface area contributed by atoms with Gasteiger partial charge in [0.05, 0.1) is 12.7 Å². The molecule has 3 heteroatoms. The van der Waals surface area contributed by atoms with Gasteiger partial charge in [-0.1, -0.05) is 20.8 Å². The Hall–Kier alpha value is 0.137. The highest BCUT2D eigenvalue weighted by Gasteiger charge is 2.39. The molecular formula is C11H24O2Si. The molecule has 1 saturated heterocycles. The van der Waals surface area contributed by atoms with Gasteiger partial charge in [-0.2, -0.15) is 0 Å². The monoisotopic (exact) mass is 216 g/mol. The van der Waals surface area contributed by atoms with E-state index in [0.717, 1.165) is 13.0 Å². The normalized spacial score (nSPS) is 24.9. The van der Waals surface area contributed by atoms with Crippen LogP contribution in [0.2, 0.25) is 18.1 Å². The first kappa shape index (κ1) is 12.2. The van der Waals surface area contributed by atoms with Crippen LogP contribution < -0.4 is 0 Å². The minimum absolute atomic E-state index is 0.311. The summed E-state index contributed by atoms with van der Waals surface area (Å²) < 4.78 is 11.4. The van der Waals surface area contributed by atoms with Gasteiger partial charge < -0.3 is 9.16 Å². The third-order valence-corrected chi connectivity index (χ3v) is 7.90. The van der Waals surface area contributed by atoms with Gasteiger partial charge in [0.25, 0.3) is 0 Å². The van der Waals surface area contributed by atoms with E-state index in [1.54, 1.807) is 0 Å². The predicted molar refractivity (Wildman–Crippen MR) is 62.1 cm³/mol. The Labute approximate surface area is 89.1 Å². The van der Waals surface area contributed by atoms with E-state index in [-0.39, 0.29) is 0 Å². The lowest BCUT2D eigenvalue weighted by molar-refractivity contribution is 0.175. The third-order valence-electron chi connectivity index (χ3n) is 3.30. The molecule has 2 atom stereocenters. The van der Waals surface area contributed by atoms with Crippen LogP contribution in [0.3, 0.4) is 0 Å². The van der Waals surface area contributed by atoms with Crippen LogP contribution >= 0.6 is 0 Å². The molecule has 0 saturated carbocycles. The molecule has 0 amide bonds. The maximum atomic E-state index is 6.21. The molecule has 0 aromatic rings. The van der Waals surface area contributed by atoms with E-state index in [1.807, 2.05) is 0 Å². The molecule has 0 radical (unpaired) electrons. The molecule has 1 rings (SSSR count). The van der Waals surface area contributed by atoms with Gasteiger partial charge in [0, 0.05) is 12.5 Å². The highest BCUT2D eigenvalue weighted by Crippen LogP contribution is 2.38. The first-order valence-corrected chi connectivity index (χ1v) is 8.42. The SMILES string of the molecule is C[C@H](CC1CO1)O[Si](C)(C)C(C)(C)C. The number of hydrogen-bond donors (Lipinski definition) is 0. The summed E-state index contributed by atoms with van der Waals surface area (Å²) >= 11 is 0. The summed E-state index contributed by atoms with van der Waals surface area (Å²) in [5, 5.41) is 0.311. The fourth-order valence-electron chi connectivity index (χ4n) is 1.30. The van der Waals surface area contributed by atoms with Crippen molar-refractivity contribution in [2.45, 2.75) is 64.5 Å². The summed E-state index contributed by atoms with van der Waals surface area (Å²) in [6.45, 7) is 14.5. The molecule has 1 heterocycles. The molecule has 0 aromatic heterocycles. The molecule has 0 spiro atoms. The third kappa shape index (κ3) is 3.37. The largest absolute Gasteiger partial charge is 0.414 e. The lowest BCUT2D eigenvalue weighted by Gasteiger charge is -2.38. The van der Waals surface area contributed by atoms with Crippen molar-refractivity contribution in [1.82, 2.24) is 0 Å². The Balaban J connectivity index is 2.39. The van der Waals surface area contributed by atoms with Gasteiger partial charge in [0.1, 0.15) is 0 Å². The van der Waals surface area contributed by atoms with Crippen molar-refractivity contribution in [2.75, 3.05) is 6.61 Å². The van der Waals surface area contributed by atoms with Crippen molar-refractivity contribution in [1.29, 1.82) is 0 Å². The Bertz CT molecular complexity index is 192. The van der Waals surface area contributed by atoms with Gasteiger partial charge in [-0.25, -0.2) is 0 Å². The summed E-state index contributed by atoms with van der Waals surface area (Å²) in [4.78, 5) is 0. The Kier molecular flexibility index (Phi) is 3.44. The summed E-state index contributed by atoms with van der Waals surface area (Å²) in [6.07, 6.45) is 1.89. The number of epoxide rings is 1. The van der Waals surface area contributed by atoms with Crippen LogP contribution in [0.4, 0.5) is 0 Å². The quantitative estimate of drug-likeness (QED) is 0.532. The summed E-state index contributed by atoms with van der Waals surface area (Å²) in [7, 11) is -1.56. The van der Waals surface area contributed by atoms with Crippen LogP contribution in [0, 0.1) is 0 Å². The van der Waals surface area contributed by atoms with Gasteiger partial charge in [-0.05, 0) is 25.1 Å². The van der Waals surface area contributed by atoms with Crippen molar-refractivity contribution in [2.24, 2.45) is 0 Å². The predicted octanol–water partition coefficient (Wildman–Crippen LogP) is 3.19. The summed E-state index contributed by atoms with van der Waals surface area (Å²) in [6, 6.07) is 0. The average molecular weight is 216 g/mol. The number of hydrogen-bond acceptors (Lipinski definition) is 2. The summed E-state index contributed by atoms with van der Waals surface area (Å²) in [5.41, 5.74) is 0. The number of rotatable bonds is 4. The van der Waals surface area contributed by atoms with Gasteiger partial charge in [0.2, 0.25) is 0 Å². The van der Waals surface area contributed by atoms with E-state index in [2.05, 4.69) is 40.8 Å². The van der Waals surface area contributed by atoms with Crippen LogP contribution in [-0.2, 0) is 9.16 Å². The first-order valence-electron chi connectivity index (χ1n) is 5.52. The van der Waals surface area contributed by atoms with Gasteiger partial charge in [-0.3, -0.25) is 0 Å². The second-order valence-electron chi connectivity index (χ2n) is 5.88. The Morgan fingerprint density at radius 1 is 1.43 bits per heavy atom. The first-order chi connectivity index (χ1) is 6.22. The fourth-order valence-corrected chi connectivity index (χ4v) is 2.76. The van der Waals surface area contributed by atoms with Crippen LogP contribution in [-0.4, -0.2) is 27.1 Å². The second-order valence-corrected chi connectivity index (χ2v) is 10.6. The maximum Gasteiger partial charge on any atom is 0.192 e. The molecule has 2 nitrogen and oxygen atoms in total. The van der Waals surface area contributed by atoms with E-state index in [4.69, 9.17) is 9.16 Å². The second kappa shape index (κ2) is 3.95. The molecule has 0 aliphatic carbocycles. The average Bonchev–Trinajstić information content (AvgIpc) is 2.66. The molecular weight excluding hydrogens is 192 g/mol. The van der Waals surface area contributed by atoms with Crippen molar-refractivity contribution >= 4 is 8.32 Å². The standard InChI is InChI=1S/C11H24O2Si/c1-9(7-10-8-12-10)13-14(5,6)11(2,3)4/h9-10H,7-8H2,1-6H3/t9-,10?/m1/s1. The Morgan fingerprint density at radius 3 is 2.29 bits per heavy atom. The zero-order valence-electron chi connectivity index (χ0n) is 10.4. The van der Waals surface area contributed by atoms with Gasteiger partial charge >= 0.3 is 0 Å². The molecule has 1 aliphatic heterocycles. The molecule has 1 unspecified atom stereocenters.